The summed E-state index contributed by atoms with van der Waals surface area (Å²) in [6, 6.07) is 16.1. The minimum Gasteiger partial charge on any atom is -0.497 e. The summed E-state index contributed by atoms with van der Waals surface area (Å²) in [4.78, 5) is 20.6. The highest BCUT2D eigenvalue weighted by molar-refractivity contribution is 6.03. The van der Waals surface area contributed by atoms with Crippen LogP contribution in [0.5, 0.6) is 5.75 Å². The van der Waals surface area contributed by atoms with Crippen molar-refractivity contribution in [3.63, 3.8) is 0 Å². The van der Waals surface area contributed by atoms with Crippen LogP contribution in [0, 0.1) is 11.3 Å². The van der Waals surface area contributed by atoms with Gasteiger partial charge in [-0.25, -0.2) is 9.97 Å². The summed E-state index contributed by atoms with van der Waals surface area (Å²) in [6.07, 6.45) is 2.84. The molecule has 3 rings (SSSR count). The number of hydrogen-bond acceptors (Lipinski definition) is 6. The molecule has 1 aromatic heterocycles. The van der Waals surface area contributed by atoms with Gasteiger partial charge in [-0.2, -0.15) is 5.26 Å². The quantitative estimate of drug-likeness (QED) is 0.735. The van der Waals surface area contributed by atoms with Gasteiger partial charge in [0.1, 0.15) is 23.3 Å². The average Bonchev–Trinajstić information content (AvgIpc) is 2.69. The van der Waals surface area contributed by atoms with Gasteiger partial charge in [0.2, 0.25) is 0 Å². The van der Waals surface area contributed by atoms with Gasteiger partial charge in [-0.3, -0.25) is 4.79 Å². The van der Waals surface area contributed by atoms with Gasteiger partial charge in [-0.05, 0) is 36.4 Å². The largest absolute Gasteiger partial charge is 0.497 e. The van der Waals surface area contributed by atoms with Gasteiger partial charge in [-0.1, -0.05) is 12.1 Å². The topological polar surface area (TPSA) is 99.9 Å². The van der Waals surface area contributed by atoms with E-state index in [0.29, 0.717) is 17.1 Å². The third kappa shape index (κ3) is 3.94. The second-order valence-electron chi connectivity index (χ2n) is 5.25. The second-order valence-corrected chi connectivity index (χ2v) is 5.25. The summed E-state index contributed by atoms with van der Waals surface area (Å²) in [5.41, 5.74) is 1.78. The molecule has 26 heavy (non-hydrogen) atoms. The van der Waals surface area contributed by atoms with Crippen LogP contribution in [-0.2, 0) is 0 Å². The Labute approximate surface area is 150 Å². The highest BCUT2D eigenvalue weighted by Crippen LogP contribution is 2.18. The van der Waals surface area contributed by atoms with Crippen LogP contribution in [0.25, 0.3) is 0 Å². The summed E-state index contributed by atoms with van der Waals surface area (Å²) in [7, 11) is 1.60. The van der Waals surface area contributed by atoms with Crippen LogP contribution in [0.3, 0.4) is 0 Å². The molecule has 0 aliphatic carbocycles. The zero-order valence-electron chi connectivity index (χ0n) is 13.9. The number of anilines is 3. The molecule has 0 saturated heterocycles. The van der Waals surface area contributed by atoms with Gasteiger partial charge in [0.25, 0.3) is 5.91 Å². The first-order valence-corrected chi connectivity index (χ1v) is 7.73. The maximum atomic E-state index is 12.3. The molecule has 0 saturated carbocycles. The average molecular weight is 345 g/mol. The zero-order valence-corrected chi connectivity index (χ0v) is 13.9. The molecule has 0 radical (unpaired) electrons. The van der Waals surface area contributed by atoms with E-state index >= 15 is 0 Å². The van der Waals surface area contributed by atoms with Crippen LogP contribution in [0.15, 0.2) is 60.9 Å². The van der Waals surface area contributed by atoms with Gasteiger partial charge in [0.15, 0.2) is 0 Å². The number of para-hydroxylation sites is 1. The van der Waals surface area contributed by atoms with E-state index in [-0.39, 0.29) is 5.69 Å². The molecule has 0 unspecified atom stereocenters. The fourth-order valence-corrected chi connectivity index (χ4v) is 2.21. The number of nitrogens with zero attached hydrogens (tertiary/aromatic N) is 3. The Morgan fingerprint density at radius 2 is 1.85 bits per heavy atom. The number of amides is 1. The first kappa shape index (κ1) is 16.9. The lowest BCUT2D eigenvalue weighted by atomic mass is 10.2. The van der Waals surface area contributed by atoms with Crippen molar-refractivity contribution >= 4 is 23.1 Å². The molecule has 0 fully saturated rings. The Morgan fingerprint density at radius 1 is 1.08 bits per heavy atom. The smallest absolute Gasteiger partial charge is 0.275 e. The molecule has 3 aromatic rings. The van der Waals surface area contributed by atoms with Crippen LogP contribution in [0.4, 0.5) is 17.2 Å². The van der Waals surface area contributed by atoms with E-state index in [1.54, 1.807) is 31.4 Å². The first-order valence-electron chi connectivity index (χ1n) is 7.73. The van der Waals surface area contributed by atoms with E-state index in [1.165, 1.54) is 12.4 Å². The van der Waals surface area contributed by atoms with Crippen molar-refractivity contribution in [2.45, 2.75) is 0 Å². The minimum absolute atomic E-state index is 0.151. The third-order valence-electron chi connectivity index (χ3n) is 3.54. The number of nitrogens with one attached hydrogen (secondary N) is 2. The maximum absolute atomic E-state index is 12.3. The Bertz CT molecular complexity index is 947. The van der Waals surface area contributed by atoms with E-state index in [4.69, 9.17) is 10.00 Å². The van der Waals surface area contributed by atoms with E-state index in [2.05, 4.69) is 20.6 Å². The van der Waals surface area contributed by atoms with E-state index < -0.39 is 5.91 Å². The van der Waals surface area contributed by atoms with Crippen LogP contribution in [0.2, 0.25) is 0 Å². The molecule has 0 aliphatic heterocycles. The molecule has 0 aliphatic rings. The predicted octanol–water partition coefficient (Wildman–Crippen LogP) is 3.35. The van der Waals surface area contributed by atoms with Crippen molar-refractivity contribution in [3.8, 4) is 11.8 Å². The van der Waals surface area contributed by atoms with Crippen LogP contribution in [-0.4, -0.2) is 23.0 Å². The van der Waals surface area contributed by atoms with Crippen LogP contribution >= 0.6 is 0 Å². The highest BCUT2D eigenvalue weighted by atomic mass is 16.5. The van der Waals surface area contributed by atoms with Crippen molar-refractivity contribution in [1.82, 2.24) is 9.97 Å². The van der Waals surface area contributed by atoms with Gasteiger partial charge in [0, 0.05) is 5.69 Å². The molecule has 128 valence electrons. The Morgan fingerprint density at radius 3 is 2.50 bits per heavy atom. The lowest BCUT2D eigenvalue weighted by Crippen LogP contribution is -2.15. The maximum Gasteiger partial charge on any atom is 0.275 e. The molecule has 0 bridgehead atoms. The summed E-state index contributed by atoms with van der Waals surface area (Å²) in [6.45, 7) is 0. The number of methoxy groups -OCH3 is 1. The molecule has 1 amide bonds. The Balaban J connectivity index is 1.68. The number of nitriles is 1. The summed E-state index contributed by atoms with van der Waals surface area (Å²) < 4.78 is 5.11. The monoisotopic (exact) mass is 345 g/mol. The fourth-order valence-electron chi connectivity index (χ4n) is 2.21. The second kappa shape index (κ2) is 7.77. The fraction of sp³-hybridized carbons (Fsp3) is 0.0526. The number of benzene rings is 2. The number of hydrogen-bond donors (Lipinski definition) is 2. The lowest BCUT2D eigenvalue weighted by Gasteiger charge is -2.08. The lowest BCUT2D eigenvalue weighted by molar-refractivity contribution is 0.102. The van der Waals surface area contributed by atoms with Crippen molar-refractivity contribution in [2.24, 2.45) is 0 Å². The predicted molar refractivity (Wildman–Crippen MR) is 97.4 cm³/mol. The van der Waals surface area contributed by atoms with Gasteiger partial charge in [-0.15, -0.1) is 0 Å². The number of carbonyl (C=O) groups is 1. The summed E-state index contributed by atoms with van der Waals surface area (Å²) in [5, 5.41) is 14.8. The van der Waals surface area contributed by atoms with Crippen molar-refractivity contribution in [1.29, 1.82) is 5.26 Å². The van der Waals surface area contributed by atoms with Crippen molar-refractivity contribution in [2.75, 3.05) is 17.7 Å². The van der Waals surface area contributed by atoms with Crippen molar-refractivity contribution < 1.29 is 9.53 Å². The number of aromatic nitrogens is 2. The summed E-state index contributed by atoms with van der Waals surface area (Å²) >= 11 is 0. The molecule has 7 nitrogen and oxygen atoms in total. The van der Waals surface area contributed by atoms with Crippen molar-refractivity contribution in [3.05, 3.63) is 72.2 Å². The molecule has 2 N–H and O–H groups in total. The number of carbonyl (C=O) groups excluding carboxylic acids is 1. The van der Waals surface area contributed by atoms with Gasteiger partial charge < -0.3 is 15.4 Å². The van der Waals surface area contributed by atoms with E-state index in [1.807, 2.05) is 30.3 Å². The molecule has 0 atom stereocenters. The summed E-state index contributed by atoms with van der Waals surface area (Å²) in [5.74, 6) is 0.826. The number of ether oxygens (including phenoxy) is 1. The van der Waals surface area contributed by atoms with E-state index in [9.17, 15) is 4.79 Å². The van der Waals surface area contributed by atoms with E-state index in [0.717, 1.165) is 11.4 Å². The highest BCUT2D eigenvalue weighted by Gasteiger charge is 2.11. The molecule has 2 aromatic carbocycles. The normalized spacial score (nSPS) is 9.85. The molecular formula is C19H15N5O2. The standard InChI is InChI=1S/C19H15N5O2/c1-26-15-8-6-14(7-9-15)23-18-12-21-17(11-22-18)19(25)24-16-5-3-2-4-13(16)10-20/h2-9,11-12H,1H3,(H,22,23)(H,24,25). The number of rotatable bonds is 5. The molecule has 7 heteroatoms. The zero-order chi connectivity index (χ0) is 18.4. The SMILES string of the molecule is COc1ccc(Nc2cnc(C(=O)Nc3ccccc3C#N)cn2)cc1. The molecule has 1 heterocycles. The minimum atomic E-state index is -0.434. The molecule has 0 spiro atoms. The van der Waals surface area contributed by atoms with Gasteiger partial charge >= 0.3 is 0 Å². The first-order chi connectivity index (χ1) is 12.7. The van der Waals surface area contributed by atoms with Gasteiger partial charge in [0.05, 0.1) is 30.8 Å². The Kier molecular flexibility index (Phi) is 5.05. The third-order valence-corrected chi connectivity index (χ3v) is 3.54. The van der Waals surface area contributed by atoms with Crippen LogP contribution < -0.4 is 15.4 Å². The molecular weight excluding hydrogens is 330 g/mol. The van der Waals surface area contributed by atoms with Crippen LogP contribution in [0.1, 0.15) is 16.1 Å². The Hall–Kier alpha value is -3.92.